The van der Waals surface area contributed by atoms with Gasteiger partial charge in [0, 0.05) is 24.1 Å². The summed E-state index contributed by atoms with van der Waals surface area (Å²) >= 11 is 0. The monoisotopic (exact) mass is 488 g/mol. The third kappa shape index (κ3) is 5.64. The summed E-state index contributed by atoms with van der Waals surface area (Å²) in [5, 5.41) is 3.21. The van der Waals surface area contributed by atoms with Crippen LogP contribution in [-0.4, -0.2) is 42.0 Å². The van der Waals surface area contributed by atoms with E-state index in [9.17, 15) is 9.59 Å². The first-order valence-electron chi connectivity index (χ1n) is 12.2. The van der Waals surface area contributed by atoms with E-state index < -0.39 is 11.9 Å². The molecule has 1 atom stereocenters. The summed E-state index contributed by atoms with van der Waals surface area (Å²) in [6.45, 7) is 1.97. The Bertz CT molecular complexity index is 1180. The molecule has 188 valence electrons. The quantitative estimate of drug-likeness (QED) is 0.497. The Hall–Kier alpha value is -3.94. The van der Waals surface area contributed by atoms with Crippen molar-refractivity contribution in [3.8, 4) is 11.5 Å². The van der Waals surface area contributed by atoms with Gasteiger partial charge in [-0.1, -0.05) is 43.0 Å². The van der Waals surface area contributed by atoms with E-state index in [0.29, 0.717) is 22.7 Å². The lowest BCUT2D eigenvalue weighted by molar-refractivity contribution is -0.123. The number of benzene rings is 2. The molecule has 0 radical (unpaired) electrons. The van der Waals surface area contributed by atoms with E-state index in [4.69, 9.17) is 9.47 Å². The number of aromatic nitrogens is 2. The molecule has 3 aromatic rings. The van der Waals surface area contributed by atoms with Crippen LogP contribution in [0.1, 0.15) is 59.8 Å². The van der Waals surface area contributed by atoms with Gasteiger partial charge in [0.2, 0.25) is 5.91 Å². The molecule has 1 fully saturated rings. The van der Waals surface area contributed by atoms with Crippen LogP contribution in [0.5, 0.6) is 11.5 Å². The molecule has 0 saturated heterocycles. The van der Waals surface area contributed by atoms with Crippen molar-refractivity contribution in [1.82, 2.24) is 15.3 Å². The lowest BCUT2D eigenvalue weighted by Crippen LogP contribution is -2.47. The van der Waals surface area contributed by atoms with Gasteiger partial charge in [-0.2, -0.15) is 0 Å². The van der Waals surface area contributed by atoms with E-state index in [2.05, 4.69) is 15.3 Å². The minimum absolute atomic E-state index is 0.0698. The molecule has 1 heterocycles. The zero-order chi connectivity index (χ0) is 25.5. The van der Waals surface area contributed by atoms with Crippen molar-refractivity contribution >= 4 is 17.5 Å². The van der Waals surface area contributed by atoms with Crippen LogP contribution in [0.25, 0.3) is 0 Å². The molecule has 8 heteroatoms. The van der Waals surface area contributed by atoms with Crippen LogP contribution in [0.3, 0.4) is 0 Å². The fraction of sp³-hybridized carbons (Fsp3) is 0.357. The number of hydrogen-bond donors (Lipinski definition) is 1. The number of rotatable bonds is 8. The zero-order valence-corrected chi connectivity index (χ0v) is 20.9. The number of carbonyl (C=O) groups excluding carboxylic acids is 2. The maximum absolute atomic E-state index is 14.0. The van der Waals surface area contributed by atoms with Gasteiger partial charge >= 0.3 is 0 Å². The molecule has 0 bridgehead atoms. The average Bonchev–Trinajstić information content (AvgIpc) is 2.92. The van der Waals surface area contributed by atoms with Gasteiger partial charge in [-0.3, -0.25) is 19.5 Å². The Morgan fingerprint density at radius 2 is 1.69 bits per heavy atom. The summed E-state index contributed by atoms with van der Waals surface area (Å²) in [6, 6.07) is 11.9. The second kappa shape index (κ2) is 11.7. The lowest BCUT2D eigenvalue weighted by Gasteiger charge is -2.33. The number of hydrogen-bond acceptors (Lipinski definition) is 6. The summed E-state index contributed by atoms with van der Waals surface area (Å²) in [7, 11) is 3.10. The molecule has 8 nitrogen and oxygen atoms in total. The first kappa shape index (κ1) is 25.2. The van der Waals surface area contributed by atoms with Crippen molar-refractivity contribution in [2.45, 2.75) is 51.1 Å². The van der Waals surface area contributed by atoms with Crippen LogP contribution in [0.4, 0.5) is 5.69 Å². The minimum atomic E-state index is -0.969. The van der Waals surface area contributed by atoms with Crippen molar-refractivity contribution in [2.75, 3.05) is 19.1 Å². The highest BCUT2D eigenvalue weighted by Crippen LogP contribution is 2.35. The standard InChI is InChI=1S/C28H32N4O4/c1-19-9-12-22(13-10-19)32(28(34)23-18-29-15-16-30-23)26(27(33)31-21-7-5-4-6-8-21)20-11-14-24(35-2)25(17-20)36-3/h9-18,21,26H,4-8H2,1-3H3,(H,31,33)/t26-/m0/s1. The SMILES string of the molecule is COc1ccc([C@@H](C(=O)NC2CCCCC2)N(C(=O)c2cnccn2)c2ccc(C)cc2)cc1OC. The van der Waals surface area contributed by atoms with Gasteiger partial charge in [0.05, 0.1) is 20.4 Å². The van der Waals surface area contributed by atoms with Crippen LogP contribution < -0.4 is 19.7 Å². The fourth-order valence-corrected chi connectivity index (χ4v) is 4.59. The Morgan fingerprint density at radius 3 is 2.33 bits per heavy atom. The van der Waals surface area contributed by atoms with Crippen molar-refractivity contribution in [1.29, 1.82) is 0 Å². The van der Waals surface area contributed by atoms with Gasteiger partial charge in [0.25, 0.3) is 5.91 Å². The second-order valence-electron chi connectivity index (χ2n) is 8.96. The number of nitrogens with one attached hydrogen (secondary N) is 1. The van der Waals surface area contributed by atoms with E-state index in [1.807, 2.05) is 31.2 Å². The number of nitrogens with zero attached hydrogens (tertiary/aromatic N) is 3. The van der Waals surface area contributed by atoms with Crippen LogP contribution in [0.15, 0.2) is 61.1 Å². The number of amides is 2. The highest BCUT2D eigenvalue weighted by atomic mass is 16.5. The first-order chi connectivity index (χ1) is 17.5. The molecule has 0 unspecified atom stereocenters. The summed E-state index contributed by atoms with van der Waals surface area (Å²) in [5.41, 5.74) is 2.36. The summed E-state index contributed by atoms with van der Waals surface area (Å²) in [5.74, 6) is 0.327. The molecule has 2 amide bonds. The van der Waals surface area contributed by atoms with E-state index >= 15 is 0 Å². The average molecular weight is 489 g/mol. The molecule has 36 heavy (non-hydrogen) atoms. The first-order valence-corrected chi connectivity index (χ1v) is 12.2. The number of aryl methyl sites for hydroxylation is 1. The predicted molar refractivity (Wildman–Crippen MR) is 137 cm³/mol. The molecular weight excluding hydrogens is 456 g/mol. The number of ether oxygens (including phenoxy) is 2. The topological polar surface area (TPSA) is 93.7 Å². The Kier molecular flexibility index (Phi) is 8.15. The van der Waals surface area contributed by atoms with Crippen molar-refractivity contribution in [3.05, 3.63) is 77.9 Å². The maximum Gasteiger partial charge on any atom is 0.279 e. The van der Waals surface area contributed by atoms with E-state index in [0.717, 1.165) is 31.2 Å². The highest BCUT2D eigenvalue weighted by molar-refractivity contribution is 6.09. The molecule has 2 aromatic carbocycles. The fourth-order valence-electron chi connectivity index (χ4n) is 4.59. The maximum atomic E-state index is 14.0. The predicted octanol–water partition coefficient (Wildman–Crippen LogP) is 4.64. The van der Waals surface area contributed by atoms with Crippen LogP contribution in [0, 0.1) is 6.92 Å². The van der Waals surface area contributed by atoms with Crippen LogP contribution >= 0.6 is 0 Å². The molecule has 1 aromatic heterocycles. The van der Waals surface area contributed by atoms with E-state index in [-0.39, 0.29) is 17.6 Å². The second-order valence-corrected chi connectivity index (χ2v) is 8.96. The molecule has 1 aliphatic rings. The summed E-state index contributed by atoms with van der Waals surface area (Å²) in [6.07, 6.45) is 9.56. The third-order valence-corrected chi connectivity index (χ3v) is 6.49. The zero-order valence-electron chi connectivity index (χ0n) is 20.9. The smallest absolute Gasteiger partial charge is 0.279 e. The molecule has 4 rings (SSSR count). The van der Waals surface area contributed by atoms with Gasteiger partial charge in [-0.05, 0) is 49.6 Å². The molecule has 1 N–H and O–H groups in total. The van der Waals surface area contributed by atoms with Crippen molar-refractivity contribution in [2.24, 2.45) is 0 Å². The van der Waals surface area contributed by atoms with Crippen LogP contribution in [0.2, 0.25) is 0 Å². The van der Waals surface area contributed by atoms with Gasteiger partial charge in [-0.15, -0.1) is 0 Å². The van der Waals surface area contributed by atoms with E-state index in [1.54, 1.807) is 32.4 Å². The highest BCUT2D eigenvalue weighted by Gasteiger charge is 2.35. The Labute approximate surface area is 211 Å². The molecule has 1 aliphatic carbocycles. The Morgan fingerprint density at radius 1 is 0.972 bits per heavy atom. The van der Waals surface area contributed by atoms with Gasteiger partial charge in [0.15, 0.2) is 11.5 Å². The van der Waals surface area contributed by atoms with E-state index in [1.165, 1.54) is 29.9 Å². The van der Waals surface area contributed by atoms with Gasteiger partial charge < -0.3 is 14.8 Å². The van der Waals surface area contributed by atoms with Crippen LogP contribution in [-0.2, 0) is 4.79 Å². The van der Waals surface area contributed by atoms with Crippen molar-refractivity contribution < 1.29 is 19.1 Å². The summed E-state index contributed by atoms with van der Waals surface area (Å²) in [4.78, 5) is 37.7. The summed E-state index contributed by atoms with van der Waals surface area (Å²) < 4.78 is 10.9. The van der Waals surface area contributed by atoms with Gasteiger partial charge in [-0.25, -0.2) is 4.98 Å². The minimum Gasteiger partial charge on any atom is -0.493 e. The molecule has 0 spiro atoms. The number of methoxy groups -OCH3 is 2. The largest absolute Gasteiger partial charge is 0.493 e. The number of anilines is 1. The molecule has 0 aliphatic heterocycles. The lowest BCUT2D eigenvalue weighted by atomic mass is 9.94. The molecule has 1 saturated carbocycles. The van der Waals surface area contributed by atoms with Gasteiger partial charge in [0.1, 0.15) is 11.7 Å². The normalized spacial score (nSPS) is 14.5. The Balaban J connectivity index is 1.84. The van der Waals surface area contributed by atoms with Crippen molar-refractivity contribution in [3.63, 3.8) is 0 Å². The number of carbonyl (C=O) groups is 2. The molecular formula is C28H32N4O4. The third-order valence-electron chi connectivity index (χ3n) is 6.49.